The van der Waals surface area contributed by atoms with Crippen molar-refractivity contribution in [3.63, 3.8) is 0 Å². The maximum Gasteiger partial charge on any atom is 0.255 e. The lowest BCUT2D eigenvalue weighted by Crippen LogP contribution is -2.56. The van der Waals surface area contributed by atoms with Crippen LogP contribution in [0, 0.1) is 13.8 Å². The molecule has 1 saturated heterocycles. The Bertz CT molecular complexity index is 1220. The Morgan fingerprint density at radius 1 is 0.765 bits per heavy atom. The molecule has 0 aliphatic carbocycles. The highest BCUT2D eigenvalue weighted by Gasteiger charge is 2.43. The van der Waals surface area contributed by atoms with Gasteiger partial charge in [-0.1, -0.05) is 29.8 Å². The first-order valence-electron chi connectivity index (χ1n) is 10.9. The van der Waals surface area contributed by atoms with Gasteiger partial charge in [-0.3, -0.25) is 19.4 Å². The fourth-order valence-electron chi connectivity index (χ4n) is 4.33. The van der Waals surface area contributed by atoms with Crippen molar-refractivity contribution in [2.24, 2.45) is 0 Å². The number of hydrogen-bond donors (Lipinski definition) is 0. The van der Waals surface area contributed by atoms with Crippen molar-refractivity contribution >= 4 is 23.2 Å². The third kappa shape index (κ3) is 4.17. The molecule has 0 radical (unpaired) electrons. The quantitative estimate of drug-likeness (QED) is 0.544. The smallest absolute Gasteiger partial charge is 0.255 e. The molecule has 1 fully saturated rings. The van der Waals surface area contributed by atoms with E-state index in [0.29, 0.717) is 34.2 Å². The summed E-state index contributed by atoms with van der Waals surface area (Å²) in [5.41, 5.74) is 3.93. The summed E-state index contributed by atoms with van der Waals surface area (Å²) < 4.78 is 16.1. The van der Waals surface area contributed by atoms with Crippen LogP contribution in [0.25, 0.3) is 0 Å². The highest BCUT2D eigenvalue weighted by atomic mass is 16.5. The third-order valence-electron chi connectivity index (χ3n) is 6.04. The molecular formula is C27H28N2O5. The molecule has 7 nitrogen and oxygen atoms in total. The number of ether oxygens (including phenoxy) is 3. The molecule has 0 saturated carbocycles. The second-order valence-corrected chi connectivity index (χ2v) is 8.19. The first-order valence-corrected chi connectivity index (χ1v) is 10.9. The average molecular weight is 461 g/mol. The Morgan fingerprint density at radius 3 is 2.03 bits per heavy atom. The molecule has 3 aromatic rings. The van der Waals surface area contributed by atoms with Gasteiger partial charge in [0.2, 0.25) is 5.91 Å². The minimum atomic E-state index is -0.847. The monoisotopic (exact) mass is 460 g/mol. The van der Waals surface area contributed by atoms with E-state index in [1.165, 1.54) is 12.0 Å². The maximum atomic E-state index is 14.0. The Labute approximate surface area is 199 Å². The van der Waals surface area contributed by atoms with Crippen molar-refractivity contribution < 1.29 is 23.8 Å². The summed E-state index contributed by atoms with van der Waals surface area (Å²) in [7, 11) is 4.67. The second kappa shape index (κ2) is 9.47. The van der Waals surface area contributed by atoms with E-state index in [9.17, 15) is 9.59 Å². The third-order valence-corrected chi connectivity index (χ3v) is 6.04. The molecule has 7 heteroatoms. The molecule has 1 heterocycles. The van der Waals surface area contributed by atoms with E-state index < -0.39 is 6.04 Å². The first kappa shape index (κ1) is 23.2. The molecule has 0 bridgehead atoms. The molecule has 1 aliphatic rings. The predicted octanol–water partition coefficient (Wildman–Crippen LogP) is 4.45. The topological polar surface area (TPSA) is 68.3 Å². The fraction of sp³-hybridized carbons (Fsp3) is 0.259. The number of carbonyl (C=O) groups excluding carboxylic acids is 2. The van der Waals surface area contributed by atoms with Gasteiger partial charge in [-0.15, -0.1) is 0 Å². The lowest BCUT2D eigenvalue weighted by Gasteiger charge is -2.41. The number of carbonyl (C=O) groups is 2. The van der Waals surface area contributed by atoms with E-state index in [4.69, 9.17) is 14.2 Å². The summed E-state index contributed by atoms with van der Waals surface area (Å²) in [4.78, 5) is 30.7. The number of aryl methyl sites for hydroxylation is 2. The molecule has 0 aromatic heterocycles. The standard InChI is InChI=1S/C27H28N2O5/c1-17-6-12-22(18(2)14-17)29-25(30)16-28(23-13-11-21(33-4)15-24(23)34-5)27(31)26(29)19-7-9-20(32-3)10-8-19/h6-15,26H,16H2,1-5H3. The summed E-state index contributed by atoms with van der Waals surface area (Å²) in [5, 5.41) is 0. The van der Waals surface area contributed by atoms with Gasteiger partial charge in [-0.25, -0.2) is 0 Å². The highest BCUT2D eigenvalue weighted by Crippen LogP contribution is 2.40. The Morgan fingerprint density at radius 2 is 1.41 bits per heavy atom. The lowest BCUT2D eigenvalue weighted by atomic mass is 9.97. The SMILES string of the molecule is COc1ccc(C2C(=O)N(c3ccc(OC)cc3OC)CC(=O)N2c2ccc(C)cc2C)cc1. The molecule has 4 rings (SSSR count). The predicted molar refractivity (Wildman–Crippen MR) is 131 cm³/mol. The van der Waals surface area contributed by atoms with Crippen LogP contribution in [0.4, 0.5) is 11.4 Å². The zero-order valence-electron chi connectivity index (χ0n) is 20.0. The van der Waals surface area contributed by atoms with Crippen molar-refractivity contribution in [3.05, 3.63) is 77.4 Å². The van der Waals surface area contributed by atoms with E-state index in [-0.39, 0.29) is 18.4 Å². The molecule has 0 spiro atoms. The fourth-order valence-corrected chi connectivity index (χ4v) is 4.33. The van der Waals surface area contributed by atoms with Gasteiger partial charge in [0.05, 0.1) is 27.0 Å². The van der Waals surface area contributed by atoms with Crippen molar-refractivity contribution in [2.45, 2.75) is 19.9 Å². The molecule has 1 atom stereocenters. The normalized spacial score (nSPS) is 16.0. The van der Waals surface area contributed by atoms with E-state index in [2.05, 4.69) is 0 Å². The van der Waals surface area contributed by atoms with Crippen LogP contribution in [-0.4, -0.2) is 39.7 Å². The van der Waals surface area contributed by atoms with Crippen LogP contribution in [0.5, 0.6) is 17.2 Å². The summed E-state index contributed by atoms with van der Waals surface area (Å²) in [5.74, 6) is 1.30. The Kier molecular flexibility index (Phi) is 6.45. The van der Waals surface area contributed by atoms with Crippen LogP contribution in [0.15, 0.2) is 60.7 Å². The summed E-state index contributed by atoms with van der Waals surface area (Å²) in [6.07, 6.45) is 0. The molecule has 176 valence electrons. The molecule has 3 aromatic carbocycles. The number of anilines is 2. The van der Waals surface area contributed by atoms with Gasteiger partial charge in [0.25, 0.3) is 5.91 Å². The van der Waals surface area contributed by atoms with E-state index in [0.717, 1.165) is 11.1 Å². The minimum Gasteiger partial charge on any atom is -0.497 e. The zero-order chi connectivity index (χ0) is 24.4. The van der Waals surface area contributed by atoms with Crippen molar-refractivity contribution in [2.75, 3.05) is 37.7 Å². The average Bonchev–Trinajstić information content (AvgIpc) is 2.85. The van der Waals surface area contributed by atoms with Crippen molar-refractivity contribution in [3.8, 4) is 17.2 Å². The summed E-state index contributed by atoms with van der Waals surface area (Å²) >= 11 is 0. The van der Waals surface area contributed by atoms with Crippen LogP contribution in [-0.2, 0) is 9.59 Å². The second-order valence-electron chi connectivity index (χ2n) is 8.19. The van der Waals surface area contributed by atoms with Gasteiger partial charge < -0.3 is 14.2 Å². The summed E-state index contributed by atoms with van der Waals surface area (Å²) in [6.45, 7) is 3.84. The number of nitrogens with zero attached hydrogens (tertiary/aromatic N) is 2. The number of rotatable bonds is 6. The van der Waals surface area contributed by atoms with Crippen LogP contribution in [0.2, 0.25) is 0 Å². The van der Waals surface area contributed by atoms with Crippen LogP contribution in [0.1, 0.15) is 22.7 Å². The number of benzene rings is 3. The number of hydrogen-bond acceptors (Lipinski definition) is 5. The highest BCUT2D eigenvalue weighted by molar-refractivity contribution is 6.15. The van der Waals surface area contributed by atoms with Crippen molar-refractivity contribution in [1.82, 2.24) is 0 Å². The molecule has 34 heavy (non-hydrogen) atoms. The van der Waals surface area contributed by atoms with Gasteiger partial charge >= 0.3 is 0 Å². The molecule has 1 unspecified atom stereocenters. The van der Waals surface area contributed by atoms with Gasteiger partial charge in [-0.2, -0.15) is 0 Å². The molecular weight excluding hydrogens is 432 g/mol. The summed E-state index contributed by atoms with van der Waals surface area (Å²) in [6, 6.07) is 17.4. The van der Waals surface area contributed by atoms with Crippen LogP contribution >= 0.6 is 0 Å². The number of amides is 2. The molecule has 1 aliphatic heterocycles. The number of piperazine rings is 1. The van der Waals surface area contributed by atoms with Gasteiger partial charge in [0.15, 0.2) is 0 Å². The van der Waals surface area contributed by atoms with Crippen LogP contribution < -0.4 is 24.0 Å². The molecule has 2 amide bonds. The van der Waals surface area contributed by atoms with Gasteiger partial charge in [0, 0.05) is 11.8 Å². The van der Waals surface area contributed by atoms with E-state index >= 15 is 0 Å². The maximum absolute atomic E-state index is 14.0. The number of methoxy groups -OCH3 is 3. The zero-order valence-corrected chi connectivity index (χ0v) is 20.0. The molecule has 0 N–H and O–H groups in total. The first-order chi connectivity index (χ1) is 16.4. The lowest BCUT2D eigenvalue weighted by molar-refractivity contribution is -0.128. The minimum absolute atomic E-state index is 0.110. The van der Waals surface area contributed by atoms with E-state index in [1.807, 2.05) is 44.2 Å². The van der Waals surface area contributed by atoms with E-state index in [1.54, 1.807) is 49.5 Å². The van der Waals surface area contributed by atoms with Crippen LogP contribution in [0.3, 0.4) is 0 Å². The van der Waals surface area contributed by atoms with Gasteiger partial charge in [-0.05, 0) is 55.3 Å². The largest absolute Gasteiger partial charge is 0.497 e. The Hall–Kier alpha value is -4.00. The Balaban J connectivity index is 1.84. The van der Waals surface area contributed by atoms with Crippen molar-refractivity contribution in [1.29, 1.82) is 0 Å². The van der Waals surface area contributed by atoms with Gasteiger partial charge in [0.1, 0.15) is 29.8 Å².